The lowest BCUT2D eigenvalue weighted by atomic mass is 10.3. The van der Waals surface area contributed by atoms with Gasteiger partial charge in [0.15, 0.2) is 0 Å². The first kappa shape index (κ1) is 16.7. The number of rotatable bonds is 6. The Labute approximate surface area is 136 Å². The predicted molar refractivity (Wildman–Crippen MR) is 89.5 cm³/mol. The number of hydrogen-bond donors (Lipinski definition) is 0. The van der Waals surface area contributed by atoms with Crippen LogP contribution in [-0.2, 0) is 14.5 Å². The Morgan fingerprint density at radius 1 is 0.739 bits per heavy atom. The number of benzene rings is 2. The zero-order valence-corrected chi connectivity index (χ0v) is 13.3. The maximum Gasteiger partial charge on any atom is 0.252 e. The van der Waals surface area contributed by atoms with Crippen LogP contribution in [0.1, 0.15) is 26.7 Å². The van der Waals surface area contributed by atoms with E-state index < -0.39 is 0 Å². The van der Waals surface area contributed by atoms with Crippen molar-refractivity contribution in [2.45, 2.75) is 26.7 Å². The van der Waals surface area contributed by atoms with E-state index in [1.54, 1.807) is 38.1 Å². The Morgan fingerprint density at radius 2 is 1.09 bits per heavy atom. The van der Waals surface area contributed by atoms with E-state index in [0.29, 0.717) is 11.4 Å². The number of carbonyl (C=O) groups excluding carboxylic acids is 2. The Morgan fingerprint density at radius 3 is 1.39 bits per heavy atom. The van der Waals surface area contributed by atoms with Crippen molar-refractivity contribution in [3.63, 3.8) is 0 Å². The zero-order chi connectivity index (χ0) is 16.7. The van der Waals surface area contributed by atoms with E-state index in [-0.39, 0.29) is 24.7 Å². The minimum Gasteiger partial charge on any atom is -0.272 e. The van der Waals surface area contributed by atoms with Gasteiger partial charge in [0, 0.05) is 12.8 Å². The number of anilines is 2. The van der Waals surface area contributed by atoms with Crippen LogP contribution in [0.3, 0.4) is 0 Å². The van der Waals surface area contributed by atoms with Gasteiger partial charge in [-0.05, 0) is 24.3 Å². The fourth-order valence-electron chi connectivity index (χ4n) is 1.97. The van der Waals surface area contributed by atoms with Gasteiger partial charge in [-0.2, -0.15) is 10.1 Å². The molecule has 0 heterocycles. The highest BCUT2D eigenvalue weighted by Crippen LogP contribution is 2.21. The normalized spacial score (nSPS) is 10.2. The zero-order valence-electron chi connectivity index (χ0n) is 13.3. The van der Waals surface area contributed by atoms with E-state index in [2.05, 4.69) is 0 Å². The summed E-state index contributed by atoms with van der Waals surface area (Å²) in [6.07, 6.45) is 0.523. The molecule has 120 valence electrons. The molecule has 0 spiro atoms. The van der Waals surface area contributed by atoms with Crippen molar-refractivity contribution in [2.24, 2.45) is 0 Å². The molecule has 0 aliphatic rings. The first-order valence-corrected chi connectivity index (χ1v) is 7.61. The smallest absolute Gasteiger partial charge is 0.252 e. The SMILES string of the molecule is CCC(=O)N(ON(C(=O)CC)c1ccccc1)c1ccccc1. The third-order valence-corrected chi connectivity index (χ3v) is 3.20. The summed E-state index contributed by atoms with van der Waals surface area (Å²) in [5, 5.41) is 2.31. The molecule has 5 heteroatoms. The molecule has 0 aliphatic heterocycles. The van der Waals surface area contributed by atoms with Gasteiger partial charge in [0.2, 0.25) is 0 Å². The van der Waals surface area contributed by atoms with Crippen LogP contribution in [0.25, 0.3) is 0 Å². The number of hydrogen-bond acceptors (Lipinski definition) is 3. The van der Waals surface area contributed by atoms with Gasteiger partial charge in [0.05, 0.1) is 11.4 Å². The number of para-hydroxylation sites is 2. The summed E-state index contributed by atoms with van der Waals surface area (Å²) < 4.78 is 0. The first-order valence-electron chi connectivity index (χ1n) is 7.61. The third kappa shape index (κ3) is 4.17. The number of amides is 2. The van der Waals surface area contributed by atoms with Crippen molar-refractivity contribution in [2.75, 3.05) is 10.1 Å². The molecule has 23 heavy (non-hydrogen) atoms. The van der Waals surface area contributed by atoms with E-state index >= 15 is 0 Å². The average Bonchev–Trinajstić information content (AvgIpc) is 2.63. The Hall–Kier alpha value is -2.66. The molecule has 0 radical (unpaired) electrons. The quantitative estimate of drug-likeness (QED) is 0.764. The second-order valence-electron chi connectivity index (χ2n) is 4.84. The van der Waals surface area contributed by atoms with Crippen LogP contribution in [0.4, 0.5) is 11.4 Å². The highest BCUT2D eigenvalue weighted by molar-refractivity contribution is 5.94. The molecule has 2 rings (SSSR count). The molecular weight excluding hydrogens is 292 g/mol. The largest absolute Gasteiger partial charge is 0.272 e. The summed E-state index contributed by atoms with van der Waals surface area (Å²) in [5.41, 5.74) is 1.15. The lowest BCUT2D eigenvalue weighted by molar-refractivity contribution is -0.133. The molecule has 2 amide bonds. The predicted octanol–water partition coefficient (Wildman–Crippen LogP) is 3.72. The van der Waals surface area contributed by atoms with Gasteiger partial charge < -0.3 is 0 Å². The van der Waals surface area contributed by atoms with Crippen molar-refractivity contribution in [1.29, 1.82) is 0 Å². The Bertz CT molecular complexity index is 586. The van der Waals surface area contributed by atoms with Crippen LogP contribution in [-0.4, -0.2) is 11.8 Å². The van der Waals surface area contributed by atoms with Crippen molar-refractivity contribution >= 4 is 23.2 Å². The molecule has 5 nitrogen and oxygen atoms in total. The minimum absolute atomic E-state index is 0.235. The molecule has 0 N–H and O–H groups in total. The first-order chi connectivity index (χ1) is 11.2. The molecule has 0 aliphatic carbocycles. The highest BCUT2D eigenvalue weighted by Gasteiger charge is 2.23. The van der Waals surface area contributed by atoms with Crippen molar-refractivity contribution in [1.82, 2.24) is 0 Å². The van der Waals surface area contributed by atoms with Crippen molar-refractivity contribution in [3.8, 4) is 0 Å². The molecule has 0 saturated carbocycles. The lowest BCUT2D eigenvalue weighted by Gasteiger charge is -2.28. The Balaban J connectivity index is 2.34. The van der Waals surface area contributed by atoms with Gasteiger partial charge in [-0.3, -0.25) is 9.59 Å². The van der Waals surface area contributed by atoms with Gasteiger partial charge in [-0.1, -0.05) is 50.2 Å². The van der Waals surface area contributed by atoms with Crippen molar-refractivity contribution in [3.05, 3.63) is 60.7 Å². The second kappa shape index (κ2) is 8.10. The summed E-state index contributed by atoms with van der Waals surface area (Å²) in [6, 6.07) is 18.0. The monoisotopic (exact) mass is 312 g/mol. The minimum atomic E-state index is -0.235. The third-order valence-electron chi connectivity index (χ3n) is 3.20. The molecule has 0 saturated heterocycles. The van der Waals surface area contributed by atoms with Crippen LogP contribution in [0.5, 0.6) is 0 Å². The number of carbonyl (C=O) groups is 2. The number of hydroxylamine groups is 2. The van der Waals surface area contributed by atoms with Crippen LogP contribution in [0, 0.1) is 0 Å². The second-order valence-corrected chi connectivity index (χ2v) is 4.84. The molecule has 2 aromatic rings. The lowest BCUT2D eigenvalue weighted by Crippen LogP contribution is -2.42. The summed E-state index contributed by atoms with van der Waals surface area (Å²) in [6.45, 7) is 3.49. The Kier molecular flexibility index (Phi) is 5.88. The van der Waals surface area contributed by atoms with Crippen molar-refractivity contribution < 1.29 is 14.5 Å². The van der Waals surface area contributed by atoms with Crippen LogP contribution in [0.15, 0.2) is 60.7 Å². The fourth-order valence-corrected chi connectivity index (χ4v) is 1.97. The maximum atomic E-state index is 12.3. The van der Waals surface area contributed by atoms with Gasteiger partial charge in [-0.25, -0.2) is 0 Å². The summed E-state index contributed by atoms with van der Waals surface area (Å²) in [5.74, 6) is -0.470. The van der Waals surface area contributed by atoms with E-state index in [0.717, 1.165) is 10.1 Å². The fraction of sp³-hybridized carbons (Fsp3) is 0.222. The van der Waals surface area contributed by atoms with E-state index in [4.69, 9.17) is 4.94 Å². The van der Waals surface area contributed by atoms with E-state index in [1.165, 1.54) is 0 Å². The molecule has 0 aromatic heterocycles. The van der Waals surface area contributed by atoms with Crippen LogP contribution < -0.4 is 10.1 Å². The maximum absolute atomic E-state index is 12.3. The summed E-state index contributed by atoms with van der Waals surface area (Å²) in [4.78, 5) is 30.2. The van der Waals surface area contributed by atoms with Gasteiger partial charge in [0.25, 0.3) is 11.8 Å². The van der Waals surface area contributed by atoms with Gasteiger partial charge >= 0.3 is 0 Å². The van der Waals surface area contributed by atoms with Gasteiger partial charge in [-0.15, -0.1) is 4.94 Å². The number of nitrogens with zero attached hydrogens (tertiary/aromatic N) is 2. The molecule has 0 atom stereocenters. The molecule has 2 aromatic carbocycles. The molecule has 0 bridgehead atoms. The molecular formula is C18H20N2O3. The van der Waals surface area contributed by atoms with Gasteiger partial charge in [0.1, 0.15) is 0 Å². The topological polar surface area (TPSA) is 49.9 Å². The average molecular weight is 312 g/mol. The molecule has 0 unspecified atom stereocenters. The van der Waals surface area contributed by atoms with E-state index in [1.807, 2.05) is 36.4 Å². The summed E-state index contributed by atoms with van der Waals surface area (Å²) in [7, 11) is 0. The van der Waals surface area contributed by atoms with Crippen LogP contribution >= 0.6 is 0 Å². The molecule has 0 fully saturated rings. The van der Waals surface area contributed by atoms with Crippen LogP contribution in [0.2, 0.25) is 0 Å². The van der Waals surface area contributed by atoms with E-state index in [9.17, 15) is 9.59 Å². The highest BCUT2D eigenvalue weighted by atomic mass is 16.8. The standard InChI is InChI=1S/C18H20N2O3/c1-3-17(21)19(15-11-7-5-8-12-15)23-20(18(22)4-2)16-13-9-6-10-14-16/h5-14H,3-4H2,1-2H3. The summed E-state index contributed by atoms with van der Waals surface area (Å²) >= 11 is 0.